The summed E-state index contributed by atoms with van der Waals surface area (Å²) in [6.45, 7) is 19.0. The van der Waals surface area contributed by atoms with Crippen molar-refractivity contribution in [3.05, 3.63) is 47.5 Å². The first-order chi connectivity index (χ1) is 12.4. The molecular formula is C23H38O3Si. The SMILES string of the molecule is CC(C)(C)OC1CC(O[Si](C)(C)C(C)(C)C)C=C1COCc1ccccc1. The molecule has 3 nitrogen and oxygen atoms in total. The van der Waals surface area contributed by atoms with Gasteiger partial charge in [-0.25, -0.2) is 0 Å². The molecule has 1 aliphatic carbocycles. The van der Waals surface area contributed by atoms with E-state index in [1.165, 1.54) is 11.1 Å². The van der Waals surface area contributed by atoms with Gasteiger partial charge in [-0.1, -0.05) is 57.2 Å². The van der Waals surface area contributed by atoms with Crippen LogP contribution >= 0.6 is 0 Å². The van der Waals surface area contributed by atoms with Crippen molar-refractivity contribution in [2.45, 2.75) is 90.5 Å². The van der Waals surface area contributed by atoms with Gasteiger partial charge in [0.25, 0.3) is 0 Å². The maximum Gasteiger partial charge on any atom is 0.192 e. The molecule has 2 atom stereocenters. The van der Waals surface area contributed by atoms with E-state index in [0.29, 0.717) is 13.2 Å². The number of rotatable bonds is 7. The molecule has 0 spiro atoms. The summed E-state index contributed by atoms with van der Waals surface area (Å²) in [6.07, 6.45) is 3.32. The third-order valence-electron chi connectivity index (χ3n) is 5.39. The number of benzene rings is 1. The van der Waals surface area contributed by atoms with Gasteiger partial charge in [0.2, 0.25) is 0 Å². The molecule has 0 aliphatic heterocycles. The lowest BCUT2D eigenvalue weighted by atomic mass is 10.1. The molecule has 2 rings (SSSR count). The molecular weight excluding hydrogens is 352 g/mol. The Labute approximate surface area is 167 Å². The van der Waals surface area contributed by atoms with Gasteiger partial charge >= 0.3 is 0 Å². The molecule has 0 bridgehead atoms. The summed E-state index contributed by atoms with van der Waals surface area (Å²) in [5.41, 5.74) is 2.22. The van der Waals surface area contributed by atoms with E-state index in [4.69, 9.17) is 13.9 Å². The number of ether oxygens (including phenoxy) is 2. The van der Waals surface area contributed by atoms with Crippen molar-refractivity contribution in [1.29, 1.82) is 0 Å². The van der Waals surface area contributed by atoms with E-state index in [0.717, 1.165) is 6.42 Å². The van der Waals surface area contributed by atoms with E-state index in [1.54, 1.807) is 0 Å². The summed E-state index contributed by atoms with van der Waals surface area (Å²) >= 11 is 0. The Hall–Kier alpha value is -0.943. The largest absolute Gasteiger partial charge is 0.410 e. The van der Waals surface area contributed by atoms with Crippen LogP contribution in [0.4, 0.5) is 0 Å². The monoisotopic (exact) mass is 390 g/mol. The van der Waals surface area contributed by atoms with Gasteiger partial charge in [0.05, 0.1) is 31.0 Å². The lowest BCUT2D eigenvalue weighted by Gasteiger charge is -2.38. The Bertz CT molecular complexity index is 623. The minimum Gasteiger partial charge on any atom is -0.410 e. The van der Waals surface area contributed by atoms with Crippen LogP contribution in [0.15, 0.2) is 42.0 Å². The zero-order chi connectivity index (χ0) is 20.3. The molecule has 1 aromatic carbocycles. The first-order valence-electron chi connectivity index (χ1n) is 10.1. The second kappa shape index (κ2) is 8.60. The van der Waals surface area contributed by atoms with Crippen LogP contribution in [0.1, 0.15) is 53.5 Å². The van der Waals surface area contributed by atoms with Gasteiger partial charge in [-0.2, -0.15) is 0 Å². The van der Waals surface area contributed by atoms with Crippen molar-refractivity contribution in [2.75, 3.05) is 6.61 Å². The normalized spacial score (nSPS) is 21.4. The van der Waals surface area contributed by atoms with Crippen LogP contribution in [-0.4, -0.2) is 32.7 Å². The van der Waals surface area contributed by atoms with Gasteiger partial charge < -0.3 is 13.9 Å². The van der Waals surface area contributed by atoms with Crippen LogP contribution < -0.4 is 0 Å². The third kappa shape index (κ3) is 6.86. The lowest BCUT2D eigenvalue weighted by molar-refractivity contribution is -0.0534. The fourth-order valence-electron chi connectivity index (χ4n) is 2.97. The van der Waals surface area contributed by atoms with Crippen molar-refractivity contribution in [2.24, 2.45) is 0 Å². The van der Waals surface area contributed by atoms with Crippen molar-refractivity contribution in [3.63, 3.8) is 0 Å². The van der Waals surface area contributed by atoms with Gasteiger partial charge in [0.15, 0.2) is 8.32 Å². The second-order valence-electron chi connectivity index (χ2n) is 10.1. The Morgan fingerprint density at radius 3 is 2.15 bits per heavy atom. The number of hydrogen-bond acceptors (Lipinski definition) is 3. The van der Waals surface area contributed by atoms with E-state index in [9.17, 15) is 0 Å². The highest BCUT2D eigenvalue weighted by atomic mass is 28.4. The highest BCUT2D eigenvalue weighted by Crippen LogP contribution is 2.40. The van der Waals surface area contributed by atoms with Crippen molar-refractivity contribution < 1.29 is 13.9 Å². The first kappa shape index (κ1) is 22.3. The molecule has 4 heteroatoms. The molecule has 152 valence electrons. The van der Waals surface area contributed by atoms with Crippen molar-refractivity contribution in [1.82, 2.24) is 0 Å². The molecule has 27 heavy (non-hydrogen) atoms. The smallest absolute Gasteiger partial charge is 0.192 e. The molecule has 0 radical (unpaired) electrons. The highest BCUT2D eigenvalue weighted by molar-refractivity contribution is 6.74. The maximum absolute atomic E-state index is 6.63. The van der Waals surface area contributed by atoms with E-state index >= 15 is 0 Å². The van der Waals surface area contributed by atoms with Crippen LogP contribution in [0, 0.1) is 0 Å². The van der Waals surface area contributed by atoms with E-state index in [1.807, 2.05) is 18.2 Å². The average Bonchev–Trinajstić information content (AvgIpc) is 2.86. The van der Waals surface area contributed by atoms with Crippen LogP contribution in [0.25, 0.3) is 0 Å². The van der Waals surface area contributed by atoms with Gasteiger partial charge in [-0.15, -0.1) is 0 Å². The molecule has 1 aromatic rings. The second-order valence-corrected chi connectivity index (χ2v) is 14.8. The molecule has 0 saturated heterocycles. The Morgan fingerprint density at radius 2 is 1.59 bits per heavy atom. The predicted octanol–water partition coefficient (Wildman–Crippen LogP) is 6.11. The van der Waals surface area contributed by atoms with E-state index in [-0.39, 0.29) is 22.8 Å². The van der Waals surface area contributed by atoms with Crippen LogP contribution in [-0.2, 0) is 20.5 Å². The molecule has 0 heterocycles. The number of hydrogen-bond donors (Lipinski definition) is 0. The van der Waals surface area contributed by atoms with Crippen molar-refractivity contribution in [3.8, 4) is 0 Å². The molecule has 1 aliphatic rings. The Morgan fingerprint density at radius 1 is 0.963 bits per heavy atom. The standard InChI is InChI=1S/C23H38O3Si/c1-22(2,3)25-21-15-20(26-27(7,8)23(4,5)6)14-19(21)17-24-16-18-12-10-9-11-13-18/h9-14,20-21H,15-17H2,1-8H3. The van der Waals surface area contributed by atoms with Gasteiger partial charge in [0, 0.05) is 6.42 Å². The topological polar surface area (TPSA) is 27.7 Å². The zero-order valence-corrected chi connectivity index (χ0v) is 19.5. The molecule has 0 amide bonds. The quantitative estimate of drug-likeness (QED) is 0.415. The molecule has 0 fully saturated rings. The summed E-state index contributed by atoms with van der Waals surface area (Å²) in [5.74, 6) is 0. The Balaban J connectivity index is 2.03. The zero-order valence-electron chi connectivity index (χ0n) is 18.5. The summed E-state index contributed by atoms with van der Waals surface area (Å²) in [6, 6.07) is 10.3. The molecule has 0 aromatic heterocycles. The fourth-order valence-corrected chi connectivity index (χ4v) is 4.24. The summed E-state index contributed by atoms with van der Waals surface area (Å²) in [4.78, 5) is 0. The van der Waals surface area contributed by atoms with Gasteiger partial charge in [0.1, 0.15) is 0 Å². The van der Waals surface area contributed by atoms with Crippen LogP contribution in [0.5, 0.6) is 0 Å². The lowest BCUT2D eigenvalue weighted by Crippen LogP contribution is -2.43. The highest BCUT2D eigenvalue weighted by Gasteiger charge is 2.41. The predicted molar refractivity (Wildman–Crippen MR) is 115 cm³/mol. The summed E-state index contributed by atoms with van der Waals surface area (Å²) < 4.78 is 19.0. The van der Waals surface area contributed by atoms with E-state index < -0.39 is 8.32 Å². The molecule has 0 N–H and O–H groups in total. The average molecular weight is 391 g/mol. The van der Waals surface area contributed by atoms with Gasteiger partial charge in [-0.3, -0.25) is 0 Å². The molecule has 2 unspecified atom stereocenters. The first-order valence-corrected chi connectivity index (χ1v) is 13.0. The van der Waals surface area contributed by atoms with Gasteiger partial charge in [-0.05, 0) is 50.0 Å². The fraction of sp³-hybridized carbons (Fsp3) is 0.652. The van der Waals surface area contributed by atoms with Crippen LogP contribution in [0.3, 0.4) is 0 Å². The molecule has 0 saturated carbocycles. The minimum atomic E-state index is -1.81. The van der Waals surface area contributed by atoms with Crippen LogP contribution in [0.2, 0.25) is 18.1 Å². The summed E-state index contributed by atoms with van der Waals surface area (Å²) in [7, 11) is -1.81. The van der Waals surface area contributed by atoms with Crippen molar-refractivity contribution >= 4 is 8.32 Å². The Kier molecular flexibility index (Phi) is 7.12. The minimum absolute atomic E-state index is 0.0653. The third-order valence-corrected chi connectivity index (χ3v) is 9.89. The summed E-state index contributed by atoms with van der Waals surface area (Å²) in [5, 5.41) is 0.202. The maximum atomic E-state index is 6.63. The van der Waals surface area contributed by atoms with E-state index in [2.05, 4.69) is 72.8 Å².